The fourth-order valence-electron chi connectivity index (χ4n) is 1.81. The van der Waals surface area contributed by atoms with Gasteiger partial charge in [-0.1, -0.05) is 18.3 Å². The Labute approximate surface area is 103 Å². The van der Waals surface area contributed by atoms with E-state index in [1.165, 1.54) is 23.4 Å². The first-order chi connectivity index (χ1) is 7.81. The number of aromatic amines is 1. The van der Waals surface area contributed by atoms with Crippen molar-refractivity contribution in [2.45, 2.75) is 25.2 Å². The maximum Gasteiger partial charge on any atom is 0.130 e. The third-order valence-corrected chi connectivity index (χ3v) is 3.84. The first kappa shape index (κ1) is 10.2. The minimum Gasteiger partial charge on any atom is -0.347 e. The minimum absolute atomic E-state index is 0.701. The average molecular weight is 248 g/mol. The van der Waals surface area contributed by atoms with Crippen molar-refractivity contribution in [3.05, 3.63) is 44.6 Å². The molecule has 2 aromatic heterocycles. The van der Waals surface area contributed by atoms with E-state index in [2.05, 4.69) is 27.5 Å². The number of hydrogen-bond acceptors (Lipinski definition) is 3. The molecule has 1 N–H and O–H groups in total. The lowest BCUT2D eigenvalue weighted by molar-refractivity contribution is 0.899. The van der Waals surface area contributed by atoms with E-state index < -0.39 is 0 Å². The van der Waals surface area contributed by atoms with Gasteiger partial charge in [-0.2, -0.15) is 0 Å². The molecule has 1 saturated carbocycles. The molecule has 1 aliphatic carbocycles. The van der Waals surface area contributed by atoms with Gasteiger partial charge in [-0.3, -0.25) is 0 Å². The van der Waals surface area contributed by atoms with Crippen molar-refractivity contribution in [2.75, 3.05) is 0 Å². The van der Waals surface area contributed by atoms with Crippen molar-refractivity contribution >= 4 is 23.6 Å². The summed E-state index contributed by atoms with van der Waals surface area (Å²) in [5.74, 6) is 1.70. The van der Waals surface area contributed by atoms with Crippen molar-refractivity contribution in [3.63, 3.8) is 0 Å². The molecule has 2 heterocycles. The summed E-state index contributed by atoms with van der Waals surface area (Å²) >= 11 is 6.96. The zero-order chi connectivity index (χ0) is 11.0. The molecule has 0 radical (unpaired) electrons. The molecule has 0 amide bonds. The molecule has 1 fully saturated rings. The van der Waals surface area contributed by atoms with Crippen molar-refractivity contribution in [3.8, 4) is 0 Å². The van der Waals surface area contributed by atoms with Gasteiger partial charge in [-0.05, 0) is 36.3 Å². The molecule has 0 spiro atoms. The van der Waals surface area contributed by atoms with Crippen LogP contribution < -0.4 is 0 Å². The van der Waals surface area contributed by atoms with Gasteiger partial charge in [0.05, 0.1) is 0 Å². The van der Waals surface area contributed by atoms with Crippen LogP contribution in [0.2, 0.25) is 0 Å². The van der Waals surface area contributed by atoms with Gasteiger partial charge in [0.15, 0.2) is 0 Å². The lowest BCUT2D eigenvalue weighted by atomic mass is 10.2. The monoisotopic (exact) mass is 248 g/mol. The highest BCUT2D eigenvalue weighted by Crippen LogP contribution is 2.38. The topological polar surface area (TPSA) is 28.7 Å². The van der Waals surface area contributed by atoms with Crippen molar-refractivity contribution in [2.24, 2.45) is 0 Å². The fourth-order valence-corrected chi connectivity index (χ4v) is 2.75. The highest BCUT2D eigenvalue weighted by atomic mass is 32.1. The van der Waals surface area contributed by atoms with Crippen LogP contribution in [0, 0.1) is 4.64 Å². The van der Waals surface area contributed by atoms with Crippen molar-refractivity contribution in [1.29, 1.82) is 0 Å². The largest absolute Gasteiger partial charge is 0.347 e. The summed E-state index contributed by atoms with van der Waals surface area (Å²) in [6.07, 6.45) is 3.43. The maximum absolute atomic E-state index is 5.20. The molecule has 2 nitrogen and oxygen atoms in total. The normalized spacial score (nSPS) is 15.2. The smallest absolute Gasteiger partial charge is 0.130 e. The number of hydrogen-bond donors (Lipinski definition) is 1. The molecular formula is C12H12N2S2. The number of thiophene rings is 1. The van der Waals surface area contributed by atoms with Gasteiger partial charge in [0.2, 0.25) is 0 Å². The molecule has 4 heteroatoms. The second-order valence-electron chi connectivity index (χ2n) is 4.15. The van der Waals surface area contributed by atoms with Crippen LogP contribution in [0.4, 0.5) is 0 Å². The van der Waals surface area contributed by atoms with E-state index >= 15 is 0 Å². The second-order valence-corrected chi connectivity index (χ2v) is 5.60. The Morgan fingerprint density at radius 1 is 1.50 bits per heavy atom. The maximum atomic E-state index is 5.20. The number of aromatic nitrogens is 2. The second kappa shape index (κ2) is 4.11. The summed E-state index contributed by atoms with van der Waals surface area (Å²) in [5.41, 5.74) is 1.27. The number of nitrogens with one attached hydrogen (secondary N) is 1. The first-order valence-corrected chi connectivity index (χ1v) is 6.72. The van der Waals surface area contributed by atoms with E-state index in [0.717, 1.165) is 12.2 Å². The van der Waals surface area contributed by atoms with E-state index in [1.54, 1.807) is 11.3 Å². The summed E-state index contributed by atoms with van der Waals surface area (Å²) in [7, 11) is 0. The molecule has 16 heavy (non-hydrogen) atoms. The summed E-state index contributed by atoms with van der Waals surface area (Å²) in [6.45, 7) is 0. The number of rotatable bonds is 3. The third-order valence-electron chi connectivity index (χ3n) is 2.75. The predicted octanol–water partition coefficient (Wildman–Crippen LogP) is 3.67. The molecule has 0 aromatic carbocycles. The average Bonchev–Trinajstić information content (AvgIpc) is 2.98. The Bertz CT molecular complexity index is 538. The molecule has 2 aromatic rings. The van der Waals surface area contributed by atoms with Crippen molar-refractivity contribution in [1.82, 2.24) is 9.97 Å². The highest BCUT2D eigenvalue weighted by molar-refractivity contribution is 7.71. The van der Waals surface area contributed by atoms with Gasteiger partial charge in [-0.15, -0.1) is 11.3 Å². The van der Waals surface area contributed by atoms with Gasteiger partial charge in [-0.25, -0.2) is 4.98 Å². The van der Waals surface area contributed by atoms with Crippen LogP contribution in [-0.2, 0) is 6.42 Å². The van der Waals surface area contributed by atoms with Gasteiger partial charge in [0, 0.05) is 17.0 Å². The summed E-state index contributed by atoms with van der Waals surface area (Å²) < 4.78 is 0.715. The molecule has 0 aliphatic heterocycles. The number of H-pyrrole nitrogens is 1. The number of nitrogens with zero attached hydrogens (tertiary/aromatic N) is 1. The summed E-state index contributed by atoms with van der Waals surface area (Å²) in [5, 5.41) is 2.09. The molecule has 1 aliphatic rings. The Hall–Kier alpha value is -1.00. The van der Waals surface area contributed by atoms with E-state index in [0.29, 0.717) is 10.6 Å². The SMILES string of the molecule is S=c1cc(C2CC2)[nH]c(Cc2cccs2)n1. The lowest BCUT2D eigenvalue weighted by Crippen LogP contribution is -1.99. The van der Waals surface area contributed by atoms with Crippen LogP contribution in [0.1, 0.15) is 35.2 Å². The van der Waals surface area contributed by atoms with E-state index in [4.69, 9.17) is 12.2 Å². The quantitative estimate of drug-likeness (QED) is 0.840. The molecule has 3 rings (SSSR count). The Morgan fingerprint density at radius 3 is 3.06 bits per heavy atom. The van der Waals surface area contributed by atoms with E-state index in [-0.39, 0.29) is 0 Å². The van der Waals surface area contributed by atoms with Crippen LogP contribution in [0.5, 0.6) is 0 Å². The first-order valence-electron chi connectivity index (χ1n) is 5.44. The molecule has 0 saturated heterocycles. The van der Waals surface area contributed by atoms with Gasteiger partial charge < -0.3 is 4.98 Å². The van der Waals surface area contributed by atoms with Gasteiger partial charge in [0.1, 0.15) is 10.5 Å². The lowest BCUT2D eigenvalue weighted by Gasteiger charge is -2.03. The van der Waals surface area contributed by atoms with Crippen LogP contribution in [0.25, 0.3) is 0 Å². The standard InChI is InChI=1S/C12H12N2S2/c15-12-7-10(8-3-4-8)13-11(14-12)6-9-2-1-5-16-9/h1-2,5,7-8H,3-4,6H2,(H,13,14,15). The fraction of sp³-hybridized carbons (Fsp3) is 0.333. The Balaban J connectivity index is 1.91. The van der Waals surface area contributed by atoms with Crippen LogP contribution in [-0.4, -0.2) is 9.97 Å². The van der Waals surface area contributed by atoms with E-state index in [9.17, 15) is 0 Å². The summed E-state index contributed by atoms with van der Waals surface area (Å²) in [6, 6.07) is 6.21. The third kappa shape index (κ3) is 2.23. The Kier molecular flexibility index (Phi) is 2.61. The molecule has 82 valence electrons. The minimum atomic E-state index is 0.701. The van der Waals surface area contributed by atoms with Crippen molar-refractivity contribution < 1.29 is 0 Å². The predicted molar refractivity (Wildman–Crippen MR) is 68.5 cm³/mol. The highest BCUT2D eigenvalue weighted by Gasteiger charge is 2.24. The molecule has 0 bridgehead atoms. The summed E-state index contributed by atoms with van der Waals surface area (Å²) in [4.78, 5) is 9.12. The van der Waals surface area contributed by atoms with Gasteiger partial charge >= 0.3 is 0 Å². The Morgan fingerprint density at radius 2 is 2.38 bits per heavy atom. The van der Waals surface area contributed by atoms with Gasteiger partial charge in [0.25, 0.3) is 0 Å². The van der Waals surface area contributed by atoms with Crippen LogP contribution in [0.15, 0.2) is 23.6 Å². The van der Waals surface area contributed by atoms with Crippen LogP contribution in [0.3, 0.4) is 0 Å². The molecule has 0 atom stereocenters. The zero-order valence-corrected chi connectivity index (χ0v) is 10.4. The van der Waals surface area contributed by atoms with E-state index in [1.807, 2.05) is 6.07 Å². The molecule has 0 unspecified atom stereocenters. The molecular weight excluding hydrogens is 236 g/mol. The van der Waals surface area contributed by atoms with Crippen LogP contribution >= 0.6 is 23.6 Å². The zero-order valence-electron chi connectivity index (χ0n) is 8.77.